The molecule has 0 aromatic heterocycles. The number of hydrogen-bond donors (Lipinski definition) is 2. The lowest BCUT2D eigenvalue weighted by Crippen LogP contribution is -2.20. The van der Waals surface area contributed by atoms with E-state index in [1.54, 1.807) is 4.72 Å². The molecule has 0 saturated heterocycles. The van der Waals surface area contributed by atoms with E-state index in [9.17, 15) is 18.0 Å². The molecule has 0 radical (unpaired) electrons. The van der Waals surface area contributed by atoms with Gasteiger partial charge < -0.3 is 5.11 Å². The summed E-state index contributed by atoms with van der Waals surface area (Å²) in [6, 6.07) is 2.08. The zero-order chi connectivity index (χ0) is 12.1. The summed E-state index contributed by atoms with van der Waals surface area (Å²) in [4.78, 5) is 21.7. The molecule has 1 amide bonds. The monoisotopic (exact) mass is 261 g/mol. The number of fused-ring (bicyclic) bond motifs is 1. The van der Waals surface area contributed by atoms with Crippen molar-refractivity contribution >= 4 is 33.5 Å². The van der Waals surface area contributed by atoms with Crippen molar-refractivity contribution in [2.75, 3.05) is 0 Å². The highest BCUT2D eigenvalue weighted by Gasteiger charge is 2.36. The van der Waals surface area contributed by atoms with Gasteiger partial charge in [-0.25, -0.2) is 17.9 Å². The third-order valence-corrected chi connectivity index (χ3v) is 3.84. The summed E-state index contributed by atoms with van der Waals surface area (Å²) in [5.74, 6) is -2.24. The van der Waals surface area contributed by atoms with Crippen LogP contribution in [0, 0.1) is 0 Å². The quantitative estimate of drug-likeness (QED) is 0.765. The van der Waals surface area contributed by atoms with E-state index in [4.69, 9.17) is 16.7 Å². The molecule has 1 aliphatic rings. The number of carbonyl (C=O) groups excluding carboxylic acids is 1. The smallest absolute Gasteiger partial charge is 0.337 e. The first-order chi connectivity index (χ1) is 7.34. The van der Waals surface area contributed by atoms with Gasteiger partial charge in [0.1, 0.15) is 4.90 Å². The molecular formula is C8H4ClNO5S. The number of carbonyl (C=O) groups is 2. The molecule has 0 aliphatic carbocycles. The number of benzene rings is 1. The molecule has 0 saturated carbocycles. The molecule has 1 heterocycles. The van der Waals surface area contributed by atoms with Crippen LogP contribution < -0.4 is 4.72 Å². The first kappa shape index (κ1) is 10.9. The van der Waals surface area contributed by atoms with Crippen LogP contribution in [0.5, 0.6) is 0 Å². The van der Waals surface area contributed by atoms with Crippen molar-refractivity contribution in [2.45, 2.75) is 4.90 Å². The lowest BCUT2D eigenvalue weighted by Gasteiger charge is -2.01. The van der Waals surface area contributed by atoms with E-state index in [1.165, 1.54) is 0 Å². The molecule has 6 nitrogen and oxygen atoms in total. The van der Waals surface area contributed by atoms with E-state index in [2.05, 4.69) is 0 Å². The second kappa shape index (κ2) is 3.19. The van der Waals surface area contributed by atoms with Gasteiger partial charge in [-0.2, -0.15) is 0 Å². The number of hydrogen-bond acceptors (Lipinski definition) is 4. The average Bonchev–Trinajstić information content (AvgIpc) is 2.37. The molecule has 0 unspecified atom stereocenters. The number of sulfonamides is 1. The normalized spacial score (nSPS) is 16.7. The highest BCUT2D eigenvalue weighted by atomic mass is 35.5. The largest absolute Gasteiger partial charge is 0.478 e. The van der Waals surface area contributed by atoms with Gasteiger partial charge >= 0.3 is 5.97 Å². The van der Waals surface area contributed by atoms with Crippen LogP contribution in [0.4, 0.5) is 0 Å². The van der Waals surface area contributed by atoms with E-state index in [0.717, 1.165) is 12.1 Å². The summed E-state index contributed by atoms with van der Waals surface area (Å²) in [6.45, 7) is 0. The van der Waals surface area contributed by atoms with Crippen LogP contribution in [-0.4, -0.2) is 25.4 Å². The molecule has 2 N–H and O–H groups in total. The van der Waals surface area contributed by atoms with Crippen LogP contribution in [-0.2, 0) is 10.0 Å². The van der Waals surface area contributed by atoms with Gasteiger partial charge in [-0.3, -0.25) is 4.79 Å². The Labute approximate surface area is 94.9 Å². The van der Waals surface area contributed by atoms with Crippen LogP contribution in [0.1, 0.15) is 20.7 Å². The zero-order valence-electron chi connectivity index (χ0n) is 7.52. The Morgan fingerprint density at radius 1 is 1.38 bits per heavy atom. The van der Waals surface area contributed by atoms with Gasteiger partial charge in [0.15, 0.2) is 0 Å². The Balaban J connectivity index is 2.83. The Morgan fingerprint density at radius 2 is 2.00 bits per heavy atom. The molecule has 2 rings (SSSR count). The van der Waals surface area contributed by atoms with Crippen LogP contribution in [0.15, 0.2) is 17.0 Å². The molecule has 1 aromatic rings. The predicted octanol–water partition coefficient (Wildman–Crippen LogP) is 0.470. The number of rotatable bonds is 1. The number of amides is 1. The van der Waals surface area contributed by atoms with E-state index in [1.807, 2.05) is 0 Å². The lowest BCUT2D eigenvalue weighted by molar-refractivity contribution is 0.0697. The van der Waals surface area contributed by atoms with Crippen molar-refractivity contribution in [2.24, 2.45) is 0 Å². The van der Waals surface area contributed by atoms with Crippen molar-refractivity contribution in [3.8, 4) is 0 Å². The minimum absolute atomic E-state index is 0.299. The summed E-state index contributed by atoms with van der Waals surface area (Å²) in [6.07, 6.45) is 0. The first-order valence-electron chi connectivity index (χ1n) is 3.97. The van der Waals surface area contributed by atoms with Gasteiger partial charge in [0.25, 0.3) is 15.9 Å². The van der Waals surface area contributed by atoms with Crippen LogP contribution >= 0.6 is 11.6 Å². The second-order valence-electron chi connectivity index (χ2n) is 3.04. The van der Waals surface area contributed by atoms with Crippen LogP contribution in [0.2, 0.25) is 5.02 Å². The minimum atomic E-state index is -3.90. The Bertz CT molecular complexity index is 622. The predicted molar refractivity (Wildman–Crippen MR) is 53.1 cm³/mol. The van der Waals surface area contributed by atoms with Gasteiger partial charge in [-0.1, -0.05) is 11.6 Å². The fraction of sp³-hybridized carbons (Fsp3) is 0. The molecule has 1 aromatic carbocycles. The Hall–Kier alpha value is -1.60. The van der Waals surface area contributed by atoms with Crippen LogP contribution in [0.25, 0.3) is 0 Å². The van der Waals surface area contributed by atoms with Crippen molar-refractivity contribution in [3.63, 3.8) is 0 Å². The molecule has 0 spiro atoms. The summed E-state index contributed by atoms with van der Waals surface area (Å²) in [5, 5.41) is 8.38. The molecule has 0 bridgehead atoms. The maximum Gasteiger partial charge on any atom is 0.337 e. The summed E-state index contributed by atoms with van der Waals surface area (Å²) in [7, 11) is -3.90. The molecule has 0 fully saturated rings. The molecule has 8 heteroatoms. The van der Waals surface area contributed by atoms with Crippen molar-refractivity contribution in [1.82, 2.24) is 4.72 Å². The summed E-state index contributed by atoms with van der Waals surface area (Å²) < 4.78 is 24.4. The van der Waals surface area contributed by atoms with Gasteiger partial charge in [-0.15, -0.1) is 0 Å². The first-order valence-corrected chi connectivity index (χ1v) is 5.83. The number of nitrogens with one attached hydrogen (secondary N) is 1. The van der Waals surface area contributed by atoms with Crippen molar-refractivity contribution < 1.29 is 23.1 Å². The molecular weight excluding hydrogens is 258 g/mol. The molecule has 0 atom stereocenters. The highest BCUT2D eigenvalue weighted by molar-refractivity contribution is 7.90. The zero-order valence-corrected chi connectivity index (χ0v) is 9.09. The third kappa shape index (κ3) is 1.36. The topological polar surface area (TPSA) is 101 Å². The van der Waals surface area contributed by atoms with Crippen molar-refractivity contribution in [3.05, 3.63) is 28.3 Å². The van der Waals surface area contributed by atoms with Gasteiger partial charge in [0, 0.05) is 0 Å². The SMILES string of the molecule is O=C(O)c1ccc2c(c1Cl)C(=O)NS2(=O)=O. The van der Waals surface area contributed by atoms with Gasteiger partial charge in [0.2, 0.25) is 0 Å². The Kier molecular flexibility index (Phi) is 2.18. The maximum absolute atomic E-state index is 11.4. The number of carboxylic acids is 1. The lowest BCUT2D eigenvalue weighted by atomic mass is 10.1. The number of carboxylic acid groups (broad SMARTS) is 1. The van der Waals surface area contributed by atoms with Crippen LogP contribution in [0.3, 0.4) is 0 Å². The van der Waals surface area contributed by atoms with E-state index < -0.39 is 21.9 Å². The van der Waals surface area contributed by atoms with E-state index in [0.29, 0.717) is 0 Å². The Morgan fingerprint density at radius 3 is 2.56 bits per heavy atom. The third-order valence-electron chi connectivity index (χ3n) is 2.08. The van der Waals surface area contributed by atoms with Gasteiger partial charge in [-0.05, 0) is 12.1 Å². The number of aromatic carboxylic acids is 1. The minimum Gasteiger partial charge on any atom is -0.478 e. The number of halogens is 1. The highest BCUT2D eigenvalue weighted by Crippen LogP contribution is 2.31. The molecule has 84 valence electrons. The van der Waals surface area contributed by atoms with Crippen molar-refractivity contribution in [1.29, 1.82) is 0 Å². The van der Waals surface area contributed by atoms with E-state index >= 15 is 0 Å². The molecule has 16 heavy (non-hydrogen) atoms. The fourth-order valence-electron chi connectivity index (χ4n) is 1.39. The summed E-state index contributed by atoms with van der Waals surface area (Å²) in [5.41, 5.74) is -0.630. The fourth-order valence-corrected chi connectivity index (χ4v) is 2.94. The molecule has 1 aliphatic heterocycles. The van der Waals surface area contributed by atoms with E-state index in [-0.39, 0.29) is 21.0 Å². The van der Waals surface area contributed by atoms with Gasteiger partial charge in [0.05, 0.1) is 16.1 Å². The standard InChI is InChI=1S/C8H4ClNO5S/c9-6-3(8(12)13)1-2-4-5(6)7(11)10-16(4,14)15/h1-2H,(H,10,11)(H,12,13). The summed E-state index contributed by atoms with van der Waals surface area (Å²) >= 11 is 5.67. The average molecular weight is 262 g/mol. The second-order valence-corrected chi connectivity index (χ2v) is 5.07. The maximum atomic E-state index is 11.4.